The van der Waals surface area contributed by atoms with Crippen molar-refractivity contribution >= 4 is 0 Å². The van der Waals surface area contributed by atoms with Crippen LogP contribution < -0.4 is 5.73 Å². The molecule has 1 aliphatic rings. The molecule has 0 bridgehead atoms. The molecule has 1 aromatic rings. The summed E-state index contributed by atoms with van der Waals surface area (Å²) in [6, 6.07) is 0. The maximum atomic E-state index is 5.77. The molecule has 2 unspecified atom stereocenters. The third-order valence-electron chi connectivity index (χ3n) is 3.98. The van der Waals surface area contributed by atoms with E-state index in [-0.39, 0.29) is 5.60 Å². The highest BCUT2D eigenvalue weighted by Gasteiger charge is 2.33. The molecule has 0 spiro atoms. The molecule has 17 heavy (non-hydrogen) atoms. The van der Waals surface area contributed by atoms with Crippen molar-refractivity contribution in [3.63, 3.8) is 0 Å². The Hall–Kier alpha value is -0.940. The first-order valence-electron chi connectivity index (χ1n) is 6.32. The van der Waals surface area contributed by atoms with Gasteiger partial charge < -0.3 is 15.0 Å². The van der Waals surface area contributed by atoms with Crippen LogP contribution in [-0.4, -0.2) is 28.4 Å². The van der Waals surface area contributed by atoms with Gasteiger partial charge in [0.15, 0.2) is 5.82 Å². The molecule has 2 N–H and O–H groups in total. The molecule has 2 heterocycles. The average molecular weight is 238 g/mol. The predicted molar refractivity (Wildman–Crippen MR) is 65.5 cm³/mol. The molecule has 2 atom stereocenters. The van der Waals surface area contributed by atoms with Crippen LogP contribution in [0, 0.1) is 5.92 Å². The lowest BCUT2D eigenvalue weighted by Gasteiger charge is -2.29. The van der Waals surface area contributed by atoms with Gasteiger partial charge in [-0.15, -0.1) is 10.2 Å². The van der Waals surface area contributed by atoms with E-state index in [4.69, 9.17) is 10.5 Å². The second-order valence-electron chi connectivity index (χ2n) is 4.98. The number of aryl methyl sites for hydroxylation is 1. The average Bonchev–Trinajstić information content (AvgIpc) is 2.81. The van der Waals surface area contributed by atoms with Crippen LogP contribution in [0.25, 0.3) is 0 Å². The fourth-order valence-corrected chi connectivity index (χ4v) is 2.37. The van der Waals surface area contributed by atoms with Crippen molar-refractivity contribution in [2.45, 2.75) is 45.3 Å². The Kier molecular flexibility index (Phi) is 3.49. The van der Waals surface area contributed by atoms with Gasteiger partial charge in [-0.2, -0.15) is 0 Å². The molecule has 0 fully saturated rings. The SMILES string of the molecule is CCC(C)(OC)c1nnc2n1CC(CN)CC2. The van der Waals surface area contributed by atoms with Gasteiger partial charge in [0.2, 0.25) is 0 Å². The maximum Gasteiger partial charge on any atom is 0.165 e. The topological polar surface area (TPSA) is 66.0 Å². The number of ether oxygens (including phenoxy) is 1. The van der Waals surface area contributed by atoms with Gasteiger partial charge in [0.05, 0.1) is 0 Å². The van der Waals surface area contributed by atoms with Crippen LogP contribution in [0.2, 0.25) is 0 Å². The third kappa shape index (κ3) is 2.09. The number of rotatable bonds is 4. The number of aromatic nitrogens is 3. The Labute approximate surface area is 102 Å². The Morgan fingerprint density at radius 2 is 2.29 bits per heavy atom. The number of hydrogen-bond donors (Lipinski definition) is 1. The Bertz CT molecular complexity index is 384. The number of nitrogens with two attached hydrogens (primary N) is 1. The van der Waals surface area contributed by atoms with Gasteiger partial charge >= 0.3 is 0 Å². The summed E-state index contributed by atoms with van der Waals surface area (Å²) in [7, 11) is 1.73. The van der Waals surface area contributed by atoms with Crippen LogP contribution in [0.3, 0.4) is 0 Å². The fraction of sp³-hybridized carbons (Fsp3) is 0.833. The van der Waals surface area contributed by atoms with Gasteiger partial charge in [-0.25, -0.2) is 0 Å². The van der Waals surface area contributed by atoms with Crippen LogP contribution >= 0.6 is 0 Å². The lowest BCUT2D eigenvalue weighted by molar-refractivity contribution is -0.0130. The molecular weight excluding hydrogens is 216 g/mol. The molecule has 0 saturated carbocycles. The minimum absolute atomic E-state index is 0.345. The van der Waals surface area contributed by atoms with Crippen molar-refractivity contribution in [1.82, 2.24) is 14.8 Å². The number of hydrogen-bond acceptors (Lipinski definition) is 4. The predicted octanol–water partition coefficient (Wildman–Crippen LogP) is 1.07. The normalized spacial score (nSPS) is 23.2. The zero-order chi connectivity index (χ0) is 12.5. The van der Waals surface area contributed by atoms with Gasteiger partial charge in [-0.05, 0) is 32.2 Å². The van der Waals surface area contributed by atoms with Crippen molar-refractivity contribution in [1.29, 1.82) is 0 Å². The summed E-state index contributed by atoms with van der Waals surface area (Å²) in [5.41, 5.74) is 5.42. The summed E-state index contributed by atoms with van der Waals surface area (Å²) < 4.78 is 7.81. The highest BCUT2D eigenvalue weighted by atomic mass is 16.5. The highest BCUT2D eigenvalue weighted by Crippen LogP contribution is 2.30. The molecule has 96 valence electrons. The fourth-order valence-electron chi connectivity index (χ4n) is 2.37. The number of nitrogens with zero attached hydrogens (tertiary/aromatic N) is 3. The zero-order valence-corrected chi connectivity index (χ0v) is 10.9. The second-order valence-corrected chi connectivity index (χ2v) is 4.98. The minimum atomic E-state index is -0.345. The summed E-state index contributed by atoms with van der Waals surface area (Å²) in [6.45, 7) is 5.82. The lowest BCUT2D eigenvalue weighted by atomic mass is 9.97. The van der Waals surface area contributed by atoms with E-state index in [1.54, 1.807) is 7.11 Å². The molecular formula is C12H22N4O. The molecule has 5 heteroatoms. The summed E-state index contributed by atoms with van der Waals surface area (Å²) in [4.78, 5) is 0. The van der Waals surface area contributed by atoms with E-state index in [1.165, 1.54) is 0 Å². The van der Waals surface area contributed by atoms with Crippen LogP contribution in [0.1, 0.15) is 38.3 Å². The van der Waals surface area contributed by atoms with Gasteiger partial charge in [-0.3, -0.25) is 0 Å². The summed E-state index contributed by atoms with van der Waals surface area (Å²) in [5, 5.41) is 8.61. The van der Waals surface area contributed by atoms with Gasteiger partial charge in [0, 0.05) is 20.1 Å². The first-order valence-corrected chi connectivity index (χ1v) is 6.32. The summed E-state index contributed by atoms with van der Waals surface area (Å²) >= 11 is 0. The molecule has 0 amide bonds. The van der Waals surface area contributed by atoms with Crippen molar-refractivity contribution in [2.75, 3.05) is 13.7 Å². The monoisotopic (exact) mass is 238 g/mol. The third-order valence-corrected chi connectivity index (χ3v) is 3.98. The molecule has 0 radical (unpaired) electrons. The lowest BCUT2D eigenvalue weighted by Crippen LogP contribution is -2.33. The van der Waals surface area contributed by atoms with Gasteiger partial charge in [-0.1, -0.05) is 6.92 Å². The van der Waals surface area contributed by atoms with Gasteiger partial charge in [0.1, 0.15) is 11.4 Å². The standard InChI is InChI=1S/C12H22N4O/c1-4-12(2,17-3)11-15-14-10-6-5-9(7-13)8-16(10)11/h9H,4-8,13H2,1-3H3. The quantitative estimate of drug-likeness (QED) is 0.852. The van der Waals surface area contributed by atoms with Crippen molar-refractivity contribution in [3.05, 3.63) is 11.6 Å². The smallest absolute Gasteiger partial charge is 0.165 e. The van der Waals surface area contributed by atoms with Crippen LogP contribution in [0.5, 0.6) is 0 Å². The van der Waals surface area contributed by atoms with E-state index < -0.39 is 0 Å². The molecule has 0 saturated heterocycles. The Morgan fingerprint density at radius 3 is 2.88 bits per heavy atom. The molecule has 0 aliphatic carbocycles. The largest absolute Gasteiger partial charge is 0.371 e. The molecule has 1 aliphatic heterocycles. The molecule has 5 nitrogen and oxygen atoms in total. The van der Waals surface area contributed by atoms with Crippen molar-refractivity contribution in [3.8, 4) is 0 Å². The highest BCUT2D eigenvalue weighted by molar-refractivity contribution is 5.07. The van der Waals surface area contributed by atoms with Crippen LogP contribution in [-0.2, 0) is 23.3 Å². The van der Waals surface area contributed by atoms with Crippen molar-refractivity contribution in [2.24, 2.45) is 11.7 Å². The van der Waals surface area contributed by atoms with Crippen molar-refractivity contribution < 1.29 is 4.74 Å². The van der Waals surface area contributed by atoms with Crippen LogP contribution in [0.4, 0.5) is 0 Å². The van der Waals surface area contributed by atoms with E-state index >= 15 is 0 Å². The van der Waals surface area contributed by atoms with E-state index in [2.05, 4.69) is 28.6 Å². The van der Waals surface area contributed by atoms with Crippen LogP contribution in [0.15, 0.2) is 0 Å². The maximum absolute atomic E-state index is 5.77. The Balaban J connectivity index is 2.35. The summed E-state index contributed by atoms with van der Waals surface area (Å²) in [5.74, 6) is 2.55. The molecule has 2 rings (SSSR count). The molecule has 0 aromatic carbocycles. The first-order chi connectivity index (χ1) is 8.14. The Morgan fingerprint density at radius 1 is 1.53 bits per heavy atom. The second kappa shape index (κ2) is 4.74. The van der Waals surface area contributed by atoms with E-state index in [1.807, 2.05) is 0 Å². The first kappa shape index (κ1) is 12.5. The number of fused-ring (bicyclic) bond motifs is 1. The van der Waals surface area contributed by atoms with E-state index in [0.717, 1.165) is 44.0 Å². The van der Waals surface area contributed by atoms with Gasteiger partial charge in [0.25, 0.3) is 0 Å². The molecule has 1 aromatic heterocycles. The minimum Gasteiger partial charge on any atom is -0.371 e. The van der Waals surface area contributed by atoms with E-state index in [9.17, 15) is 0 Å². The van der Waals surface area contributed by atoms with E-state index in [0.29, 0.717) is 5.92 Å². The number of methoxy groups -OCH3 is 1. The zero-order valence-electron chi connectivity index (χ0n) is 10.9. The summed E-state index contributed by atoms with van der Waals surface area (Å²) in [6.07, 6.45) is 2.97.